The monoisotopic (exact) mass is 220 g/mol. The molecule has 0 saturated carbocycles. The zero-order valence-corrected chi connectivity index (χ0v) is 8.73. The highest BCUT2D eigenvalue weighted by molar-refractivity contribution is 6.21. The van der Waals surface area contributed by atoms with Crippen LogP contribution >= 0.6 is 11.6 Å². The van der Waals surface area contributed by atoms with E-state index in [1.165, 1.54) is 13.0 Å². The Morgan fingerprint density at radius 2 is 2.07 bits per heavy atom. The van der Waals surface area contributed by atoms with E-state index in [-0.39, 0.29) is 5.57 Å². The molecule has 4 nitrogen and oxygen atoms in total. The van der Waals surface area contributed by atoms with Gasteiger partial charge in [0.2, 0.25) is 0 Å². The van der Waals surface area contributed by atoms with Crippen molar-refractivity contribution in [1.82, 2.24) is 0 Å². The molecule has 5 heteroatoms. The minimum Gasteiger partial charge on any atom is -0.452 e. The molecule has 2 unspecified atom stereocenters. The van der Waals surface area contributed by atoms with Crippen LogP contribution in [0, 0.1) is 0 Å². The van der Waals surface area contributed by atoms with Crippen molar-refractivity contribution in [3.8, 4) is 0 Å². The number of aliphatic hydroxyl groups excluding tert-OH is 2. The van der Waals surface area contributed by atoms with Gasteiger partial charge in [-0.2, -0.15) is 0 Å². The van der Waals surface area contributed by atoms with Crippen LogP contribution in [0.4, 0.5) is 0 Å². The fraction of sp³-hybridized carbons (Fsp3) is 0.667. The quantitative estimate of drug-likeness (QED) is 0.527. The van der Waals surface area contributed by atoms with Gasteiger partial charge < -0.3 is 14.9 Å². The summed E-state index contributed by atoms with van der Waals surface area (Å²) >= 11 is 5.64. The Kier molecular flexibility index (Phi) is 3.53. The molecule has 0 fully saturated rings. The number of ether oxygens (including phenoxy) is 1. The number of halogens is 1. The van der Waals surface area contributed by atoms with E-state index in [1.54, 1.807) is 6.92 Å². The molecule has 80 valence electrons. The first-order chi connectivity index (χ1) is 6.43. The summed E-state index contributed by atoms with van der Waals surface area (Å²) in [4.78, 5) is 11.2. The predicted octanol–water partition coefficient (Wildman–Crippen LogP) is 0.207. The van der Waals surface area contributed by atoms with Crippen molar-refractivity contribution in [1.29, 1.82) is 0 Å². The Morgan fingerprint density at radius 3 is 2.43 bits per heavy atom. The number of carbonyl (C=O) groups excluding carboxylic acids is 1. The van der Waals surface area contributed by atoms with Gasteiger partial charge >= 0.3 is 5.97 Å². The summed E-state index contributed by atoms with van der Waals surface area (Å²) in [6.07, 6.45) is -1.10. The lowest BCUT2D eigenvalue weighted by molar-refractivity contribution is -0.144. The second kappa shape index (κ2) is 4.29. The Morgan fingerprint density at radius 1 is 1.50 bits per heavy atom. The van der Waals surface area contributed by atoms with Gasteiger partial charge in [0.1, 0.15) is 12.2 Å². The van der Waals surface area contributed by atoms with Crippen LogP contribution in [0.3, 0.4) is 0 Å². The molecular weight excluding hydrogens is 208 g/mol. The number of aliphatic hydroxyl groups is 2. The molecule has 1 rings (SSSR count). The highest BCUT2D eigenvalue weighted by Gasteiger charge is 2.34. The van der Waals surface area contributed by atoms with Gasteiger partial charge in [-0.05, 0) is 19.9 Å². The third kappa shape index (κ3) is 2.26. The first-order valence-electron chi connectivity index (χ1n) is 4.36. The topological polar surface area (TPSA) is 66.8 Å². The normalized spacial score (nSPS) is 27.9. The molecule has 1 aliphatic rings. The van der Waals surface area contributed by atoms with Crippen LogP contribution in [0.25, 0.3) is 0 Å². The summed E-state index contributed by atoms with van der Waals surface area (Å²) in [5, 5.41) is 18.1. The number of alkyl halides is 1. The standard InChI is InChI=1S/C9H13ClO4/c1-4(10)8(12)6-3-7(5(2)11)14-9(6)13/h3-5,7-8,11-12H,1-2H3/t4?,5-,7+,8?/m0/s1. The average Bonchev–Trinajstić information content (AvgIpc) is 2.46. The number of hydrogen-bond acceptors (Lipinski definition) is 4. The van der Waals surface area contributed by atoms with Gasteiger partial charge in [-0.15, -0.1) is 11.6 Å². The zero-order valence-electron chi connectivity index (χ0n) is 7.98. The fourth-order valence-corrected chi connectivity index (χ4v) is 1.31. The third-order valence-corrected chi connectivity index (χ3v) is 2.29. The number of carbonyl (C=O) groups is 1. The van der Waals surface area contributed by atoms with Crippen molar-refractivity contribution in [3.05, 3.63) is 11.6 Å². The van der Waals surface area contributed by atoms with Gasteiger partial charge in [0.05, 0.1) is 17.1 Å². The predicted molar refractivity (Wildman–Crippen MR) is 51.0 cm³/mol. The maximum atomic E-state index is 11.2. The van der Waals surface area contributed by atoms with E-state index < -0.39 is 29.7 Å². The largest absolute Gasteiger partial charge is 0.452 e. The summed E-state index contributed by atoms with van der Waals surface area (Å²) in [5.74, 6) is -0.615. The molecule has 14 heavy (non-hydrogen) atoms. The lowest BCUT2D eigenvalue weighted by Gasteiger charge is -2.11. The van der Waals surface area contributed by atoms with Crippen molar-refractivity contribution in [3.63, 3.8) is 0 Å². The van der Waals surface area contributed by atoms with Crippen LogP contribution in [-0.4, -0.2) is 39.9 Å². The summed E-state index contributed by atoms with van der Waals surface area (Å²) < 4.78 is 4.81. The summed E-state index contributed by atoms with van der Waals surface area (Å²) in [6.45, 7) is 3.09. The van der Waals surface area contributed by atoms with Crippen molar-refractivity contribution in [2.24, 2.45) is 0 Å². The van der Waals surface area contributed by atoms with Crippen LogP contribution in [0.1, 0.15) is 13.8 Å². The van der Waals surface area contributed by atoms with Gasteiger partial charge in [-0.3, -0.25) is 0 Å². The van der Waals surface area contributed by atoms with E-state index in [2.05, 4.69) is 0 Å². The number of cyclic esters (lactones) is 1. The Labute approximate surface area is 87.1 Å². The maximum absolute atomic E-state index is 11.2. The molecule has 0 aromatic heterocycles. The van der Waals surface area contributed by atoms with Crippen LogP contribution in [0.5, 0.6) is 0 Å². The van der Waals surface area contributed by atoms with Crippen LogP contribution in [0.2, 0.25) is 0 Å². The molecule has 1 heterocycles. The van der Waals surface area contributed by atoms with Crippen LogP contribution in [0.15, 0.2) is 11.6 Å². The molecule has 0 aliphatic carbocycles. The van der Waals surface area contributed by atoms with Gasteiger partial charge in [-0.1, -0.05) is 0 Å². The van der Waals surface area contributed by atoms with E-state index in [9.17, 15) is 15.0 Å². The molecule has 0 bridgehead atoms. The van der Waals surface area contributed by atoms with Gasteiger partial charge in [0, 0.05) is 0 Å². The molecule has 0 radical (unpaired) electrons. The lowest BCUT2D eigenvalue weighted by atomic mass is 10.1. The number of hydrogen-bond donors (Lipinski definition) is 2. The second-order valence-corrected chi connectivity index (χ2v) is 4.04. The summed E-state index contributed by atoms with van der Waals surface area (Å²) in [6, 6.07) is 0. The molecule has 0 aromatic rings. The summed E-state index contributed by atoms with van der Waals surface area (Å²) in [7, 11) is 0. The smallest absolute Gasteiger partial charge is 0.337 e. The highest BCUT2D eigenvalue weighted by atomic mass is 35.5. The highest BCUT2D eigenvalue weighted by Crippen LogP contribution is 2.22. The van der Waals surface area contributed by atoms with Gasteiger partial charge in [0.25, 0.3) is 0 Å². The average molecular weight is 221 g/mol. The van der Waals surface area contributed by atoms with Gasteiger partial charge in [0.15, 0.2) is 0 Å². The van der Waals surface area contributed by atoms with E-state index in [4.69, 9.17) is 16.3 Å². The molecule has 1 aliphatic heterocycles. The lowest BCUT2D eigenvalue weighted by Crippen LogP contribution is -2.24. The van der Waals surface area contributed by atoms with E-state index in [0.29, 0.717) is 0 Å². The Balaban J connectivity index is 2.78. The minimum atomic E-state index is -1.05. The fourth-order valence-electron chi connectivity index (χ4n) is 1.18. The molecule has 2 N–H and O–H groups in total. The molecular formula is C9H13ClO4. The first kappa shape index (κ1) is 11.5. The Bertz CT molecular complexity index is 260. The van der Waals surface area contributed by atoms with Crippen molar-refractivity contribution in [2.75, 3.05) is 0 Å². The molecule has 4 atom stereocenters. The molecule has 0 saturated heterocycles. The zero-order chi connectivity index (χ0) is 10.9. The second-order valence-electron chi connectivity index (χ2n) is 3.35. The number of rotatable bonds is 3. The molecule has 0 aromatic carbocycles. The van der Waals surface area contributed by atoms with Crippen molar-refractivity contribution >= 4 is 17.6 Å². The van der Waals surface area contributed by atoms with Crippen molar-refractivity contribution in [2.45, 2.75) is 37.5 Å². The third-order valence-electron chi connectivity index (χ3n) is 2.05. The SMILES string of the molecule is CC(Cl)C(O)C1=C[C@H]([C@H](C)O)OC1=O. The van der Waals surface area contributed by atoms with Gasteiger partial charge in [-0.25, -0.2) is 4.79 Å². The number of esters is 1. The first-order valence-corrected chi connectivity index (χ1v) is 4.80. The maximum Gasteiger partial charge on any atom is 0.337 e. The molecule has 0 spiro atoms. The van der Waals surface area contributed by atoms with E-state index >= 15 is 0 Å². The minimum absolute atomic E-state index is 0.124. The van der Waals surface area contributed by atoms with E-state index in [1.807, 2.05) is 0 Å². The van der Waals surface area contributed by atoms with Crippen molar-refractivity contribution < 1.29 is 19.7 Å². The molecule has 0 amide bonds. The Hall–Kier alpha value is -0.580. The summed E-state index contributed by atoms with van der Waals surface area (Å²) in [5.41, 5.74) is 0.124. The van der Waals surface area contributed by atoms with Crippen LogP contribution < -0.4 is 0 Å². The van der Waals surface area contributed by atoms with E-state index in [0.717, 1.165) is 0 Å². The van der Waals surface area contributed by atoms with Crippen LogP contribution in [-0.2, 0) is 9.53 Å².